The van der Waals surface area contributed by atoms with Crippen molar-refractivity contribution in [1.82, 2.24) is 5.06 Å². The molecule has 0 saturated carbocycles. The third-order valence-corrected chi connectivity index (χ3v) is 6.42. The molecule has 1 aliphatic rings. The zero-order valence-corrected chi connectivity index (χ0v) is 24.0. The van der Waals surface area contributed by atoms with Crippen LogP contribution >= 0.6 is 0 Å². The number of alkyl halides is 3. The Bertz CT molecular complexity index is 1700. The lowest BCUT2D eigenvalue weighted by Gasteiger charge is -2.35. The molecule has 47 heavy (non-hydrogen) atoms. The number of ether oxygens (including phenoxy) is 2. The third-order valence-electron chi connectivity index (χ3n) is 6.42. The highest BCUT2D eigenvalue weighted by molar-refractivity contribution is 6.04. The molecular weight excluding hydrogens is 639 g/mol. The maximum absolute atomic E-state index is 13.7. The molecule has 0 radical (unpaired) electrons. The van der Waals surface area contributed by atoms with E-state index in [1.807, 2.05) is 0 Å². The lowest BCUT2D eigenvalue weighted by Crippen LogP contribution is -2.55. The SMILES string of the molecule is CCC(=O)N(OC(=O)Oc1ccc([N+](=O)[O-])cc1)C1CC(=O)N(CC(F)(F)F)c2ccccc2N1C(=O)Oc1ccc([N+](=O)[O-])cc1. The van der Waals surface area contributed by atoms with E-state index in [2.05, 4.69) is 0 Å². The van der Waals surface area contributed by atoms with Crippen LogP contribution < -0.4 is 19.3 Å². The largest absolute Gasteiger partial charge is 0.539 e. The van der Waals surface area contributed by atoms with Gasteiger partial charge in [0.25, 0.3) is 17.3 Å². The van der Waals surface area contributed by atoms with E-state index in [1.54, 1.807) is 0 Å². The second-order valence-electron chi connectivity index (χ2n) is 9.52. The number of para-hydroxylation sites is 2. The summed E-state index contributed by atoms with van der Waals surface area (Å²) in [6.45, 7) is -0.464. The number of hydroxylamine groups is 2. The van der Waals surface area contributed by atoms with Gasteiger partial charge in [-0.1, -0.05) is 19.1 Å². The van der Waals surface area contributed by atoms with E-state index in [-0.39, 0.29) is 33.6 Å². The van der Waals surface area contributed by atoms with E-state index in [9.17, 15) is 52.6 Å². The number of anilines is 2. The molecule has 3 amide bonds. The number of carbonyl (C=O) groups excluding carboxylic acids is 4. The Labute approximate surface area is 261 Å². The average molecular weight is 662 g/mol. The molecule has 0 aliphatic carbocycles. The van der Waals surface area contributed by atoms with E-state index in [1.165, 1.54) is 19.1 Å². The molecule has 16 nitrogen and oxygen atoms in total. The summed E-state index contributed by atoms with van der Waals surface area (Å²) in [5, 5.41) is 22.2. The van der Waals surface area contributed by atoms with Crippen LogP contribution in [0.15, 0.2) is 72.8 Å². The van der Waals surface area contributed by atoms with Gasteiger partial charge in [0.05, 0.1) is 27.6 Å². The summed E-state index contributed by atoms with van der Waals surface area (Å²) in [5.41, 5.74) is -1.46. The summed E-state index contributed by atoms with van der Waals surface area (Å²) in [6.07, 6.45) is -11.3. The minimum Gasteiger partial charge on any atom is -0.410 e. The van der Waals surface area contributed by atoms with Crippen molar-refractivity contribution in [2.75, 3.05) is 16.3 Å². The fourth-order valence-electron chi connectivity index (χ4n) is 4.36. The van der Waals surface area contributed by atoms with Gasteiger partial charge in [0, 0.05) is 30.7 Å². The molecule has 0 bridgehead atoms. The zero-order valence-electron chi connectivity index (χ0n) is 24.0. The Morgan fingerprint density at radius 2 is 1.38 bits per heavy atom. The molecule has 0 saturated heterocycles. The second kappa shape index (κ2) is 13.8. The number of nitro benzene ring substituents is 2. The van der Waals surface area contributed by atoms with Gasteiger partial charge in [-0.2, -0.15) is 13.2 Å². The highest BCUT2D eigenvalue weighted by Crippen LogP contribution is 2.38. The molecule has 0 spiro atoms. The summed E-state index contributed by atoms with van der Waals surface area (Å²) in [5.74, 6) is -2.78. The van der Waals surface area contributed by atoms with E-state index in [4.69, 9.17) is 14.3 Å². The van der Waals surface area contributed by atoms with Crippen LogP contribution in [0.25, 0.3) is 0 Å². The van der Waals surface area contributed by atoms with Crippen LogP contribution in [0.5, 0.6) is 11.5 Å². The molecule has 0 aromatic heterocycles. The maximum atomic E-state index is 13.7. The number of nitro groups is 2. The quantitative estimate of drug-likeness (QED) is 0.134. The van der Waals surface area contributed by atoms with Crippen LogP contribution in [0.2, 0.25) is 0 Å². The third kappa shape index (κ3) is 8.07. The van der Waals surface area contributed by atoms with Crippen LogP contribution in [0.3, 0.4) is 0 Å². The van der Waals surface area contributed by atoms with Crippen molar-refractivity contribution in [3.8, 4) is 11.5 Å². The predicted octanol–water partition coefficient (Wildman–Crippen LogP) is 5.50. The maximum Gasteiger partial charge on any atom is 0.539 e. The summed E-state index contributed by atoms with van der Waals surface area (Å²) < 4.78 is 51.2. The minimum atomic E-state index is -4.91. The van der Waals surface area contributed by atoms with Crippen molar-refractivity contribution in [3.63, 3.8) is 0 Å². The van der Waals surface area contributed by atoms with Gasteiger partial charge in [-0.3, -0.25) is 34.7 Å². The van der Waals surface area contributed by atoms with Crippen LogP contribution in [0, 0.1) is 20.2 Å². The average Bonchev–Trinajstić information content (AvgIpc) is 3.13. The van der Waals surface area contributed by atoms with E-state index < -0.39 is 71.3 Å². The van der Waals surface area contributed by atoms with Gasteiger partial charge in [-0.05, 0) is 36.4 Å². The van der Waals surface area contributed by atoms with Gasteiger partial charge in [0.1, 0.15) is 18.0 Å². The van der Waals surface area contributed by atoms with E-state index in [0.29, 0.717) is 9.80 Å². The minimum absolute atomic E-state index is 0.258. The molecule has 3 aromatic carbocycles. The number of non-ortho nitro benzene ring substituents is 2. The molecular formula is C28H22F3N5O11. The first-order valence-corrected chi connectivity index (χ1v) is 13.4. The number of rotatable bonds is 7. The molecule has 1 aliphatic heterocycles. The van der Waals surface area contributed by atoms with Crippen molar-refractivity contribution in [1.29, 1.82) is 0 Å². The summed E-state index contributed by atoms with van der Waals surface area (Å²) >= 11 is 0. The summed E-state index contributed by atoms with van der Waals surface area (Å²) in [7, 11) is 0. The number of amides is 3. The number of fused-ring (bicyclic) bond motifs is 1. The lowest BCUT2D eigenvalue weighted by atomic mass is 10.2. The van der Waals surface area contributed by atoms with Gasteiger partial charge in [0.2, 0.25) is 5.91 Å². The van der Waals surface area contributed by atoms with Gasteiger partial charge in [-0.25, -0.2) is 9.59 Å². The first kappa shape index (κ1) is 33.6. The smallest absolute Gasteiger partial charge is 0.410 e. The first-order chi connectivity index (χ1) is 22.2. The van der Waals surface area contributed by atoms with Crippen molar-refractivity contribution in [3.05, 3.63) is 93.0 Å². The normalized spacial score (nSPS) is 14.4. The van der Waals surface area contributed by atoms with Crippen LogP contribution in [0.4, 0.5) is 45.5 Å². The monoisotopic (exact) mass is 661 g/mol. The standard InChI is InChI=1S/C28H22F3N5O11/c1-2-24(37)34(47-27(40)46-20-13-9-18(10-14-20)36(43)44)23-15-25(38)32(16-28(29,30)31)21-5-3-4-6-22(21)33(23)26(39)45-19-11-7-17(8-12-19)35(41)42/h3-14,23H,2,15-16H2,1H3. The highest BCUT2D eigenvalue weighted by atomic mass is 19.4. The van der Waals surface area contributed by atoms with Gasteiger partial charge in [0.15, 0.2) is 6.17 Å². The molecule has 19 heteroatoms. The molecule has 1 atom stereocenters. The summed E-state index contributed by atoms with van der Waals surface area (Å²) in [4.78, 5) is 79.7. The molecule has 3 aromatic rings. The Morgan fingerprint density at radius 1 is 0.872 bits per heavy atom. The Balaban J connectivity index is 1.76. The molecule has 246 valence electrons. The zero-order chi connectivity index (χ0) is 34.5. The fourth-order valence-corrected chi connectivity index (χ4v) is 4.36. The van der Waals surface area contributed by atoms with Gasteiger partial charge >= 0.3 is 18.4 Å². The molecule has 0 N–H and O–H groups in total. The van der Waals surface area contributed by atoms with Crippen molar-refractivity contribution < 1.29 is 56.5 Å². The number of hydrogen-bond donors (Lipinski definition) is 0. The van der Waals surface area contributed by atoms with Gasteiger partial charge in [-0.15, -0.1) is 5.06 Å². The second-order valence-corrected chi connectivity index (χ2v) is 9.52. The predicted molar refractivity (Wildman–Crippen MR) is 152 cm³/mol. The number of hydrogen-bond acceptors (Lipinski definition) is 11. The summed E-state index contributed by atoms with van der Waals surface area (Å²) in [6, 6.07) is 13.1. The van der Waals surface area contributed by atoms with Crippen molar-refractivity contribution >= 4 is 46.8 Å². The number of halogens is 3. The van der Waals surface area contributed by atoms with Crippen LogP contribution in [-0.2, 0) is 14.4 Å². The van der Waals surface area contributed by atoms with E-state index >= 15 is 0 Å². The van der Waals surface area contributed by atoms with Crippen molar-refractivity contribution in [2.24, 2.45) is 0 Å². The van der Waals surface area contributed by atoms with E-state index in [0.717, 1.165) is 60.7 Å². The van der Waals surface area contributed by atoms with Crippen molar-refractivity contribution in [2.45, 2.75) is 32.1 Å². The van der Waals surface area contributed by atoms with Crippen LogP contribution in [0.1, 0.15) is 19.8 Å². The molecule has 1 heterocycles. The number of nitrogens with zero attached hydrogens (tertiary/aromatic N) is 5. The fraction of sp³-hybridized carbons (Fsp3) is 0.214. The molecule has 1 unspecified atom stereocenters. The first-order valence-electron chi connectivity index (χ1n) is 13.4. The number of benzene rings is 3. The topological polar surface area (TPSA) is 192 Å². The van der Waals surface area contributed by atoms with Crippen LogP contribution in [-0.4, -0.2) is 57.9 Å². The Hall–Kier alpha value is -6.27. The van der Waals surface area contributed by atoms with Gasteiger partial charge < -0.3 is 19.2 Å². The Kier molecular flexibility index (Phi) is 9.87. The Morgan fingerprint density at radius 3 is 1.87 bits per heavy atom. The lowest BCUT2D eigenvalue weighted by molar-refractivity contribution is -0.385. The number of carbonyl (C=O) groups is 4. The molecule has 4 rings (SSSR count). The molecule has 0 fully saturated rings. The highest BCUT2D eigenvalue weighted by Gasteiger charge is 2.46.